The van der Waals surface area contributed by atoms with Gasteiger partial charge in [0, 0.05) is 0 Å². The second-order valence-electron chi connectivity index (χ2n) is 9.33. The molecule has 0 aliphatic carbocycles. The summed E-state index contributed by atoms with van der Waals surface area (Å²) in [6.07, 6.45) is -23.6. The lowest BCUT2D eigenvalue weighted by atomic mass is 9.96. The molecule has 0 aromatic carbocycles. The molecule has 0 bridgehead atoms. The standard InChI is InChI=1S/C21H39NO16/c22-2-1-3-33-19-15(31)12(28)17(8(5-24)35-19)38-21-16(32)13(29)18(9(6-25)36-21)37-20-14(30)11(27)10(26)7(4-23)34-20/h7-21,23-32H,1-6,22H2/t7?,8-,9?,10+,11+,12?,13-,14?,15?,16?,17-,18+,19+,20+,21+/m1/s1. The lowest BCUT2D eigenvalue weighted by Crippen LogP contribution is -2.66. The minimum absolute atomic E-state index is 0.110. The molecule has 3 fully saturated rings. The summed E-state index contributed by atoms with van der Waals surface area (Å²) in [6, 6.07) is 0. The lowest BCUT2D eigenvalue weighted by Gasteiger charge is -2.48. The van der Waals surface area contributed by atoms with Gasteiger partial charge in [-0.3, -0.25) is 0 Å². The fraction of sp³-hybridized carbons (Fsp3) is 1.00. The second kappa shape index (κ2) is 14.3. The molecular weight excluding hydrogens is 522 g/mol. The Balaban J connectivity index is 1.68. The van der Waals surface area contributed by atoms with Crippen LogP contribution in [0.5, 0.6) is 0 Å². The Labute approximate surface area is 217 Å². The molecule has 3 aliphatic heterocycles. The van der Waals surface area contributed by atoms with E-state index in [4.69, 9.17) is 34.2 Å². The zero-order chi connectivity index (χ0) is 28.1. The summed E-state index contributed by atoms with van der Waals surface area (Å²) in [5.74, 6) is 0. The van der Waals surface area contributed by atoms with Crippen LogP contribution in [-0.2, 0) is 28.4 Å². The normalized spacial score (nSPS) is 48.2. The van der Waals surface area contributed by atoms with E-state index >= 15 is 0 Å². The predicted octanol–water partition coefficient (Wildman–Crippen LogP) is -7.20. The molecule has 3 saturated heterocycles. The van der Waals surface area contributed by atoms with Crippen molar-refractivity contribution in [3.63, 3.8) is 0 Å². The Morgan fingerprint density at radius 2 is 0.947 bits per heavy atom. The van der Waals surface area contributed by atoms with E-state index in [1.165, 1.54) is 0 Å². The number of nitrogens with two attached hydrogens (primary N) is 1. The van der Waals surface area contributed by atoms with Crippen molar-refractivity contribution < 1.29 is 79.5 Å². The molecule has 3 aliphatic rings. The summed E-state index contributed by atoms with van der Waals surface area (Å²) in [7, 11) is 0. The van der Waals surface area contributed by atoms with Gasteiger partial charge >= 0.3 is 0 Å². The van der Waals surface area contributed by atoms with Crippen molar-refractivity contribution in [1.82, 2.24) is 0 Å². The first-order valence-corrected chi connectivity index (χ1v) is 12.3. The molecule has 3 rings (SSSR count). The molecule has 0 amide bonds. The van der Waals surface area contributed by atoms with Gasteiger partial charge < -0.3 is 85.2 Å². The maximum Gasteiger partial charge on any atom is 0.187 e. The van der Waals surface area contributed by atoms with Crippen LogP contribution in [-0.4, -0.2) is 176 Å². The molecule has 0 radical (unpaired) electrons. The Bertz CT molecular complexity index is 702. The van der Waals surface area contributed by atoms with E-state index in [2.05, 4.69) is 0 Å². The summed E-state index contributed by atoms with van der Waals surface area (Å²) in [6.45, 7) is -1.81. The van der Waals surface area contributed by atoms with Gasteiger partial charge in [0.15, 0.2) is 18.9 Å². The SMILES string of the molecule is NCCCO[C@H]1O[C@H](CO)[C@@H](O[C@@H]2OC(CO)[C@H](O[C@@H]3OC(CO)[C@H](O)[C@H](O)C3O)[C@H](O)C2O)C(O)C1O. The summed E-state index contributed by atoms with van der Waals surface area (Å²) < 4.78 is 32.6. The first-order chi connectivity index (χ1) is 18.1. The number of aliphatic hydroxyl groups is 10. The molecule has 0 aromatic rings. The first kappa shape index (κ1) is 31.8. The van der Waals surface area contributed by atoms with Gasteiger partial charge in [-0.2, -0.15) is 0 Å². The van der Waals surface area contributed by atoms with E-state index in [1.807, 2.05) is 0 Å². The second-order valence-corrected chi connectivity index (χ2v) is 9.33. The highest BCUT2D eigenvalue weighted by atomic mass is 16.8. The predicted molar refractivity (Wildman–Crippen MR) is 119 cm³/mol. The Morgan fingerprint density at radius 1 is 0.526 bits per heavy atom. The van der Waals surface area contributed by atoms with Gasteiger partial charge in [0.1, 0.15) is 73.2 Å². The Hall–Kier alpha value is -0.680. The van der Waals surface area contributed by atoms with Crippen LogP contribution in [0, 0.1) is 0 Å². The summed E-state index contributed by atoms with van der Waals surface area (Å²) in [4.78, 5) is 0. The number of ether oxygens (including phenoxy) is 6. The molecule has 0 saturated carbocycles. The number of aliphatic hydroxyl groups excluding tert-OH is 10. The van der Waals surface area contributed by atoms with Crippen LogP contribution in [0.15, 0.2) is 0 Å². The zero-order valence-electron chi connectivity index (χ0n) is 20.4. The summed E-state index contributed by atoms with van der Waals surface area (Å²) in [5, 5.41) is 101. The molecule has 6 unspecified atom stereocenters. The minimum atomic E-state index is -1.89. The molecule has 17 heteroatoms. The van der Waals surface area contributed by atoms with Gasteiger partial charge in [0.25, 0.3) is 0 Å². The monoisotopic (exact) mass is 561 g/mol. The molecule has 0 spiro atoms. The van der Waals surface area contributed by atoms with Crippen molar-refractivity contribution in [1.29, 1.82) is 0 Å². The molecule has 12 N–H and O–H groups in total. The lowest BCUT2D eigenvalue weighted by molar-refractivity contribution is -0.379. The van der Waals surface area contributed by atoms with Crippen molar-refractivity contribution in [2.24, 2.45) is 5.73 Å². The van der Waals surface area contributed by atoms with Crippen molar-refractivity contribution in [2.75, 3.05) is 33.0 Å². The van der Waals surface area contributed by atoms with Crippen LogP contribution in [0.3, 0.4) is 0 Å². The number of hydrogen-bond donors (Lipinski definition) is 11. The molecule has 17 nitrogen and oxygen atoms in total. The minimum Gasteiger partial charge on any atom is -0.394 e. The van der Waals surface area contributed by atoms with E-state index in [0.717, 1.165) is 0 Å². The number of rotatable bonds is 11. The number of hydrogen-bond acceptors (Lipinski definition) is 17. The highest BCUT2D eigenvalue weighted by molar-refractivity contribution is 4.96. The highest BCUT2D eigenvalue weighted by Gasteiger charge is 2.53. The summed E-state index contributed by atoms with van der Waals surface area (Å²) in [5.41, 5.74) is 5.40. The van der Waals surface area contributed by atoms with Crippen LogP contribution in [0.1, 0.15) is 6.42 Å². The third-order valence-corrected chi connectivity index (χ3v) is 6.70. The fourth-order valence-corrected chi connectivity index (χ4v) is 4.46. The van der Waals surface area contributed by atoms with E-state index < -0.39 is 112 Å². The van der Waals surface area contributed by atoms with Crippen LogP contribution in [0.25, 0.3) is 0 Å². The Kier molecular flexibility index (Phi) is 12.0. The third kappa shape index (κ3) is 6.78. The highest BCUT2D eigenvalue weighted by Crippen LogP contribution is 2.32. The van der Waals surface area contributed by atoms with Crippen LogP contribution < -0.4 is 5.73 Å². The first-order valence-electron chi connectivity index (χ1n) is 12.3. The molecule has 0 aromatic heterocycles. The molecular formula is C21H39NO16. The van der Waals surface area contributed by atoms with Crippen molar-refractivity contribution >= 4 is 0 Å². The topological polar surface area (TPSA) is 284 Å². The third-order valence-electron chi connectivity index (χ3n) is 6.70. The molecule has 15 atom stereocenters. The average molecular weight is 562 g/mol. The molecule has 3 heterocycles. The molecule has 38 heavy (non-hydrogen) atoms. The van der Waals surface area contributed by atoms with Gasteiger partial charge in [-0.25, -0.2) is 0 Å². The van der Waals surface area contributed by atoms with Crippen LogP contribution in [0.2, 0.25) is 0 Å². The van der Waals surface area contributed by atoms with Gasteiger partial charge in [0.05, 0.1) is 26.4 Å². The van der Waals surface area contributed by atoms with E-state index in [-0.39, 0.29) is 6.61 Å². The van der Waals surface area contributed by atoms with Crippen LogP contribution in [0.4, 0.5) is 0 Å². The average Bonchev–Trinajstić information content (AvgIpc) is 2.91. The van der Waals surface area contributed by atoms with Crippen LogP contribution >= 0.6 is 0 Å². The largest absolute Gasteiger partial charge is 0.394 e. The fourth-order valence-electron chi connectivity index (χ4n) is 4.46. The van der Waals surface area contributed by atoms with Crippen molar-refractivity contribution in [3.05, 3.63) is 0 Å². The van der Waals surface area contributed by atoms with Gasteiger partial charge in [-0.15, -0.1) is 0 Å². The van der Waals surface area contributed by atoms with Gasteiger partial charge in [-0.1, -0.05) is 0 Å². The van der Waals surface area contributed by atoms with Gasteiger partial charge in [-0.05, 0) is 13.0 Å². The van der Waals surface area contributed by atoms with E-state index in [9.17, 15) is 51.1 Å². The quantitative estimate of drug-likeness (QED) is 0.104. The Morgan fingerprint density at radius 3 is 1.42 bits per heavy atom. The maximum absolute atomic E-state index is 10.7. The van der Waals surface area contributed by atoms with Gasteiger partial charge in [0.2, 0.25) is 0 Å². The summed E-state index contributed by atoms with van der Waals surface area (Å²) >= 11 is 0. The van der Waals surface area contributed by atoms with Crippen molar-refractivity contribution in [2.45, 2.75) is 98.5 Å². The molecule has 224 valence electrons. The van der Waals surface area contributed by atoms with Crippen molar-refractivity contribution in [3.8, 4) is 0 Å². The smallest absolute Gasteiger partial charge is 0.187 e. The zero-order valence-corrected chi connectivity index (χ0v) is 20.4. The maximum atomic E-state index is 10.7. The van der Waals surface area contributed by atoms with E-state index in [0.29, 0.717) is 13.0 Å². The van der Waals surface area contributed by atoms with E-state index in [1.54, 1.807) is 0 Å².